The van der Waals surface area contributed by atoms with Crippen molar-refractivity contribution in [2.24, 2.45) is 0 Å². The summed E-state index contributed by atoms with van der Waals surface area (Å²) in [6, 6.07) is 7.88. The fourth-order valence-electron chi connectivity index (χ4n) is 3.07. The summed E-state index contributed by atoms with van der Waals surface area (Å²) in [4.78, 5) is 19.6. The fourth-order valence-corrected chi connectivity index (χ4v) is 3.07. The lowest BCUT2D eigenvalue weighted by Gasteiger charge is -2.29. The Labute approximate surface area is 158 Å². The van der Waals surface area contributed by atoms with Crippen LogP contribution in [0.15, 0.2) is 34.9 Å². The lowest BCUT2D eigenvalue weighted by atomic mass is 10.2. The number of oxazole rings is 1. The van der Waals surface area contributed by atoms with Crippen LogP contribution in [0.4, 0.5) is 0 Å². The number of rotatable bonds is 9. The zero-order valence-corrected chi connectivity index (χ0v) is 15.5. The normalized spacial score (nSPS) is 15.2. The number of morpholine rings is 1. The summed E-state index contributed by atoms with van der Waals surface area (Å²) in [6.07, 6.45) is 1.18. The van der Waals surface area contributed by atoms with E-state index in [-0.39, 0.29) is 5.69 Å². The number of carboxylic acids is 1. The molecule has 2 heterocycles. The highest BCUT2D eigenvalue weighted by Gasteiger charge is 2.18. The van der Waals surface area contributed by atoms with Gasteiger partial charge in [0.2, 0.25) is 5.89 Å². The lowest BCUT2D eigenvalue weighted by molar-refractivity contribution is 0.0320. The smallest absolute Gasteiger partial charge is 0.357 e. The Balaban J connectivity index is 1.69. The van der Waals surface area contributed by atoms with Crippen molar-refractivity contribution in [3.05, 3.63) is 47.7 Å². The molecular formula is C19H25N3O5. The molecule has 1 aliphatic rings. The van der Waals surface area contributed by atoms with E-state index in [0.29, 0.717) is 19.0 Å². The number of para-hydroxylation sites is 1. The fraction of sp³-hybridized carbons (Fsp3) is 0.474. The summed E-state index contributed by atoms with van der Waals surface area (Å²) < 4.78 is 16.2. The van der Waals surface area contributed by atoms with Gasteiger partial charge in [-0.25, -0.2) is 9.78 Å². The van der Waals surface area contributed by atoms with Gasteiger partial charge >= 0.3 is 5.97 Å². The molecule has 2 aromatic rings. The SMILES string of the molecule is COc1ccccc1CN(CCN1CCOCC1)Cc1nc(C(=O)O)co1. The van der Waals surface area contributed by atoms with Gasteiger partial charge in [-0.2, -0.15) is 0 Å². The van der Waals surface area contributed by atoms with Gasteiger partial charge in [-0.05, 0) is 6.07 Å². The van der Waals surface area contributed by atoms with Gasteiger partial charge in [0.25, 0.3) is 0 Å². The number of methoxy groups -OCH3 is 1. The molecule has 0 bridgehead atoms. The minimum atomic E-state index is -1.09. The Kier molecular flexibility index (Phi) is 6.80. The van der Waals surface area contributed by atoms with Crippen LogP contribution in [0, 0.1) is 0 Å². The Hall–Kier alpha value is -2.42. The number of ether oxygens (including phenoxy) is 2. The third-order valence-corrected chi connectivity index (χ3v) is 4.55. The third kappa shape index (κ3) is 5.53. The van der Waals surface area contributed by atoms with E-state index in [9.17, 15) is 4.79 Å². The van der Waals surface area contributed by atoms with Crippen molar-refractivity contribution in [2.75, 3.05) is 46.5 Å². The van der Waals surface area contributed by atoms with Crippen LogP contribution in [-0.4, -0.2) is 72.4 Å². The molecule has 1 aliphatic heterocycles. The van der Waals surface area contributed by atoms with Crippen LogP contribution in [0.2, 0.25) is 0 Å². The predicted octanol–water partition coefficient (Wildman–Crippen LogP) is 1.72. The maximum atomic E-state index is 11.0. The minimum Gasteiger partial charge on any atom is -0.496 e. The molecule has 3 rings (SSSR count). The summed E-state index contributed by atoms with van der Waals surface area (Å²) >= 11 is 0. The second kappa shape index (κ2) is 9.50. The molecule has 0 spiro atoms. The molecule has 146 valence electrons. The molecule has 8 heteroatoms. The Morgan fingerprint density at radius 2 is 2.07 bits per heavy atom. The molecule has 0 radical (unpaired) electrons. The van der Waals surface area contributed by atoms with Crippen molar-refractivity contribution in [1.29, 1.82) is 0 Å². The van der Waals surface area contributed by atoms with Crippen LogP contribution in [-0.2, 0) is 17.8 Å². The van der Waals surface area contributed by atoms with Gasteiger partial charge in [0.1, 0.15) is 12.0 Å². The summed E-state index contributed by atoms with van der Waals surface area (Å²) in [6.45, 7) is 6.13. The third-order valence-electron chi connectivity index (χ3n) is 4.55. The molecule has 1 fully saturated rings. The first-order valence-corrected chi connectivity index (χ1v) is 8.97. The standard InChI is InChI=1S/C19H25N3O5/c1-25-17-5-3-2-4-15(17)12-22(7-6-21-8-10-26-11-9-21)13-18-20-16(14-27-18)19(23)24/h2-5,14H,6-13H2,1H3,(H,23,24). The van der Waals surface area contributed by atoms with Crippen molar-refractivity contribution in [3.63, 3.8) is 0 Å². The first-order valence-electron chi connectivity index (χ1n) is 8.97. The number of aromatic nitrogens is 1. The molecule has 1 N–H and O–H groups in total. The van der Waals surface area contributed by atoms with E-state index in [1.807, 2.05) is 24.3 Å². The molecule has 8 nitrogen and oxygen atoms in total. The highest BCUT2D eigenvalue weighted by atomic mass is 16.5. The number of nitrogens with zero attached hydrogens (tertiary/aromatic N) is 3. The number of hydrogen-bond donors (Lipinski definition) is 1. The average Bonchev–Trinajstić information content (AvgIpc) is 3.16. The highest BCUT2D eigenvalue weighted by Crippen LogP contribution is 2.20. The monoisotopic (exact) mass is 375 g/mol. The van der Waals surface area contributed by atoms with Crippen molar-refractivity contribution in [1.82, 2.24) is 14.8 Å². The molecular weight excluding hydrogens is 350 g/mol. The van der Waals surface area contributed by atoms with Gasteiger partial charge in [-0.1, -0.05) is 18.2 Å². The average molecular weight is 375 g/mol. The van der Waals surface area contributed by atoms with E-state index in [1.54, 1.807) is 7.11 Å². The van der Waals surface area contributed by atoms with Gasteiger partial charge in [0, 0.05) is 38.3 Å². The number of hydrogen-bond acceptors (Lipinski definition) is 7. The van der Waals surface area contributed by atoms with Crippen LogP contribution in [0.1, 0.15) is 21.9 Å². The van der Waals surface area contributed by atoms with Gasteiger partial charge in [-0.15, -0.1) is 0 Å². The minimum absolute atomic E-state index is 0.0737. The zero-order chi connectivity index (χ0) is 19.1. The Morgan fingerprint density at radius 3 is 2.78 bits per heavy atom. The van der Waals surface area contributed by atoms with Crippen LogP contribution in [0.5, 0.6) is 5.75 Å². The number of benzene rings is 1. The molecule has 1 saturated heterocycles. The van der Waals surface area contributed by atoms with E-state index in [4.69, 9.17) is 19.0 Å². The highest BCUT2D eigenvalue weighted by molar-refractivity contribution is 5.84. The zero-order valence-electron chi connectivity index (χ0n) is 15.5. The van der Waals surface area contributed by atoms with Crippen molar-refractivity contribution in [2.45, 2.75) is 13.1 Å². The molecule has 1 aromatic heterocycles. The Morgan fingerprint density at radius 1 is 1.30 bits per heavy atom. The second-order valence-electron chi connectivity index (χ2n) is 6.41. The van der Waals surface area contributed by atoms with E-state index >= 15 is 0 Å². The molecule has 1 aromatic carbocycles. The lowest BCUT2D eigenvalue weighted by Crippen LogP contribution is -2.41. The summed E-state index contributed by atoms with van der Waals surface area (Å²) in [7, 11) is 1.66. The quantitative estimate of drug-likeness (QED) is 0.709. The molecule has 27 heavy (non-hydrogen) atoms. The van der Waals surface area contributed by atoms with Gasteiger partial charge < -0.3 is 19.0 Å². The van der Waals surface area contributed by atoms with Crippen LogP contribution < -0.4 is 4.74 Å². The van der Waals surface area contributed by atoms with Gasteiger partial charge in [0.05, 0.1) is 26.9 Å². The molecule has 0 aliphatic carbocycles. The van der Waals surface area contributed by atoms with Crippen LogP contribution in [0.3, 0.4) is 0 Å². The summed E-state index contributed by atoms with van der Waals surface area (Å²) in [5.41, 5.74) is 0.988. The van der Waals surface area contributed by atoms with E-state index in [2.05, 4.69) is 14.8 Å². The number of carbonyl (C=O) groups is 1. The summed E-state index contributed by atoms with van der Waals surface area (Å²) in [5, 5.41) is 9.04. The van der Waals surface area contributed by atoms with E-state index < -0.39 is 5.97 Å². The molecule has 0 unspecified atom stereocenters. The topological polar surface area (TPSA) is 88.3 Å². The molecule has 0 saturated carbocycles. The maximum Gasteiger partial charge on any atom is 0.357 e. The Bertz CT molecular complexity index is 742. The largest absolute Gasteiger partial charge is 0.496 e. The van der Waals surface area contributed by atoms with Gasteiger partial charge in [0.15, 0.2) is 5.69 Å². The van der Waals surface area contributed by atoms with Crippen molar-refractivity contribution >= 4 is 5.97 Å². The van der Waals surface area contributed by atoms with Crippen molar-refractivity contribution in [3.8, 4) is 5.75 Å². The van der Waals surface area contributed by atoms with E-state index in [1.165, 1.54) is 6.26 Å². The van der Waals surface area contributed by atoms with Gasteiger partial charge in [-0.3, -0.25) is 9.80 Å². The molecule has 0 amide bonds. The number of carboxylic acid groups (broad SMARTS) is 1. The maximum absolute atomic E-state index is 11.0. The first kappa shape index (κ1) is 19.3. The van der Waals surface area contributed by atoms with Crippen LogP contribution in [0.25, 0.3) is 0 Å². The molecule has 0 atom stereocenters. The predicted molar refractivity (Wildman–Crippen MR) is 97.8 cm³/mol. The summed E-state index contributed by atoms with van der Waals surface area (Å²) in [5.74, 6) is 0.131. The van der Waals surface area contributed by atoms with E-state index in [0.717, 1.165) is 50.7 Å². The van der Waals surface area contributed by atoms with Crippen molar-refractivity contribution < 1.29 is 23.8 Å². The first-order chi connectivity index (χ1) is 13.2. The van der Waals surface area contributed by atoms with Crippen LogP contribution >= 0.6 is 0 Å². The second-order valence-corrected chi connectivity index (χ2v) is 6.41. The number of aromatic carboxylic acids is 1.